The Labute approximate surface area is 196 Å². The van der Waals surface area contributed by atoms with E-state index in [1.54, 1.807) is 18.5 Å². The summed E-state index contributed by atoms with van der Waals surface area (Å²) in [6.45, 7) is 3.04. The summed E-state index contributed by atoms with van der Waals surface area (Å²) in [7, 11) is 0. The molecule has 7 nitrogen and oxygen atoms in total. The van der Waals surface area contributed by atoms with Crippen molar-refractivity contribution in [3.8, 4) is 11.5 Å². The third-order valence-electron chi connectivity index (χ3n) is 5.43. The van der Waals surface area contributed by atoms with Crippen molar-refractivity contribution < 1.29 is 9.47 Å². The van der Waals surface area contributed by atoms with E-state index in [0.717, 1.165) is 22.2 Å². The van der Waals surface area contributed by atoms with Gasteiger partial charge in [0.1, 0.15) is 0 Å². The molecular formula is C25H22N4O3S. The van der Waals surface area contributed by atoms with Crippen LogP contribution in [0.1, 0.15) is 16.7 Å². The summed E-state index contributed by atoms with van der Waals surface area (Å²) in [5, 5.41) is 4.69. The number of nitrogens with zero attached hydrogens (tertiary/aromatic N) is 2. The lowest BCUT2D eigenvalue weighted by Gasteiger charge is -2.26. The van der Waals surface area contributed by atoms with Crippen LogP contribution in [0.5, 0.6) is 11.5 Å². The first-order chi connectivity index (χ1) is 16.0. The Bertz CT molecular complexity index is 1390. The summed E-state index contributed by atoms with van der Waals surface area (Å²) in [6.07, 6.45) is 3.53. The largest absolute Gasteiger partial charge is 0.454 e. The van der Waals surface area contributed by atoms with E-state index in [1.165, 1.54) is 0 Å². The summed E-state index contributed by atoms with van der Waals surface area (Å²) in [4.78, 5) is 22.0. The Morgan fingerprint density at radius 3 is 2.76 bits per heavy atom. The van der Waals surface area contributed by atoms with E-state index < -0.39 is 0 Å². The molecule has 2 N–H and O–H groups in total. The van der Waals surface area contributed by atoms with E-state index in [4.69, 9.17) is 21.7 Å². The van der Waals surface area contributed by atoms with Gasteiger partial charge in [-0.15, -0.1) is 0 Å². The van der Waals surface area contributed by atoms with Gasteiger partial charge in [0, 0.05) is 41.6 Å². The van der Waals surface area contributed by atoms with Gasteiger partial charge in [-0.2, -0.15) is 0 Å². The molecule has 1 aliphatic heterocycles. The van der Waals surface area contributed by atoms with Crippen LogP contribution in [0.2, 0.25) is 0 Å². The minimum atomic E-state index is -0.170. The predicted molar refractivity (Wildman–Crippen MR) is 132 cm³/mol. The van der Waals surface area contributed by atoms with Crippen LogP contribution in [-0.2, 0) is 13.1 Å². The minimum Gasteiger partial charge on any atom is -0.454 e. The standard InChI is InChI=1S/C25H22N4O3S/c1-16-4-2-6-20(8-16)27-25(33)29(13-17-5-3-7-26-12-17)14-19-9-18-10-22-23(32-15-31-22)11-21(18)28-24(19)30/h2-12H,13-15H2,1H3,(H,27,33)(H,28,30). The molecule has 8 heteroatoms. The zero-order valence-corrected chi connectivity index (χ0v) is 18.8. The second-order valence-corrected chi connectivity index (χ2v) is 8.32. The van der Waals surface area contributed by atoms with Gasteiger partial charge in [0.15, 0.2) is 16.6 Å². The molecule has 0 amide bonds. The Morgan fingerprint density at radius 1 is 1.12 bits per heavy atom. The van der Waals surface area contributed by atoms with E-state index in [1.807, 2.05) is 60.4 Å². The molecule has 33 heavy (non-hydrogen) atoms. The van der Waals surface area contributed by atoms with Crippen LogP contribution in [-0.4, -0.2) is 26.8 Å². The lowest BCUT2D eigenvalue weighted by atomic mass is 10.1. The van der Waals surface area contributed by atoms with Gasteiger partial charge in [0.2, 0.25) is 6.79 Å². The maximum atomic E-state index is 12.9. The smallest absolute Gasteiger partial charge is 0.253 e. The minimum absolute atomic E-state index is 0.170. The topological polar surface area (TPSA) is 79.5 Å². The van der Waals surface area contributed by atoms with Gasteiger partial charge in [-0.25, -0.2) is 0 Å². The van der Waals surface area contributed by atoms with Gasteiger partial charge in [-0.3, -0.25) is 9.78 Å². The van der Waals surface area contributed by atoms with Gasteiger partial charge in [-0.1, -0.05) is 18.2 Å². The third kappa shape index (κ3) is 4.65. The van der Waals surface area contributed by atoms with Crippen LogP contribution < -0.4 is 20.3 Å². The Hall–Kier alpha value is -3.91. The quantitative estimate of drug-likeness (QED) is 0.430. The normalized spacial score (nSPS) is 12.0. The highest BCUT2D eigenvalue weighted by Crippen LogP contribution is 2.35. The van der Waals surface area contributed by atoms with Crippen molar-refractivity contribution >= 4 is 33.9 Å². The van der Waals surface area contributed by atoms with Crippen LogP contribution in [0.4, 0.5) is 5.69 Å². The molecule has 0 radical (unpaired) electrons. The SMILES string of the molecule is Cc1cccc(NC(=S)N(Cc2cccnc2)Cc2cc3cc4c(cc3[nH]c2=O)OCO4)c1. The monoisotopic (exact) mass is 458 g/mol. The van der Waals surface area contributed by atoms with Gasteiger partial charge in [0.25, 0.3) is 5.56 Å². The van der Waals surface area contributed by atoms with Crippen molar-refractivity contribution in [2.24, 2.45) is 0 Å². The first-order valence-electron chi connectivity index (χ1n) is 10.5. The number of hydrogen-bond acceptors (Lipinski definition) is 5. The highest BCUT2D eigenvalue weighted by molar-refractivity contribution is 7.80. The van der Waals surface area contributed by atoms with Crippen LogP contribution in [0.3, 0.4) is 0 Å². The summed E-state index contributed by atoms with van der Waals surface area (Å²) in [5.41, 5.74) is 4.15. The van der Waals surface area contributed by atoms with Crippen molar-refractivity contribution in [1.29, 1.82) is 0 Å². The summed E-state index contributed by atoms with van der Waals surface area (Å²) in [6, 6.07) is 17.4. The third-order valence-corrected chi connectivity index (χ3v) is 5.79. The van der Waals surface area contributed by atoms with Crippen LogP contribution >= 0.6 is 12.2 Å². The van der Waals surface area contributed by atoms with Crippen molar-refractivity contribution in [2.45, 2.75) is 20.0 Å². The molecule has 0 bridgehead atoms. The molecule has 0 saturated heterocycles. The molecule has 2 aromatic heterocycles. The molecule has 1 aliphatic rings. The number of fused-ring (bicyclic) bond motifs is 2. The van der Waals surface area contributed by atoms with Crippen molar-refractivity contribution in [3.63, 3.8) is 0 Å². The van der Waals surface area contributed by atoms with E-state index in [9.17, 15) is 4.79 Å². The number of rotatable bonds is 5. The molecule has 0 saturated carbocycles. The predicted octanol–water partition coefficient (Wildman–Crippen LogP) is 4.36. The molecule has 0 aliphatic carbocycles. The molecule has 5 rings (SSSR count). The Balaban J connectivity index is 1.46. The summed E-state index contributed by atoms with van der Waals surface area (Å²) in [5.74, 6) is 1.30. The first-order valence-corrected chi connectivity index (χ1v) is 10.9. The maximum absolute atomic E-state index is 12.9. The molecule has 2 aromatic carbocycles. The van der Waals surface area contributed by atoms with E-state index in [-0.39, 0.29) is 12.4 Å². The van der Waals surface area contributed by atoms with Gasteiger partial charge in [0.05, 0.1) is 12.1 Å². The summed E-state index contributed by atoms with van der Waals surface area (Å²) >= 11 is 5.75. The second kappa shape index (κ2) is 8.91. The second-order valence-electron chi connectivity index (χ2n) is 7.93. The molecule has 166 valence electrons. The Morgan fingerprint density at radius 2 is 1.97 bits per heavy atom. The zero-order valence-electron chi connectivity index (χ0n) is 18.0. The van der Waals surface area contributed by atoms with Crippen LogP contribution in [0.15, 0.2) is 71.8 Å². The number of thiocarbonyl (C=S) groups is 1. The molecule has 4 aromatic rings. The van der Waals surface area contributed by atoms with Gasteiger partial charge < -0.3 is 24.7 Å². The van der Waals surface area contributed by atoms with Gasteiger partial charge in [-0.05, 0) is 60.6 Å². The molecule has 3 heterocycles. The maximum Gasteiger partial charge on any atom is 0.253 e. The fraction of sp³-hybridized carbons (Fsp3) is 0.160. The average Bonchev–Trinajstić information content (AvgIpc) is 3.25. The molecular weight excluding hydrogens is 436 g/mol. The number of aromatic nitrogens is 2. The number of aromatic amines is 1. The average molecular weight is 459 g/mol. The molecule has 0 unspecified atom stereocenters. The number of hydrogen-bond donors (Lipinski definition) is 2. The molecule has 0 fully saturated rings. The first kappa shape index (κ1) is 21.0. The Kier molecular flexibility index (Phi) is 5.66. The van der Waals surface area contributed by atoms with E-state index >= 15 is 0 Å². The fourth-order valence-corrected chi connectivity index (χ4v) is 4.05. The summed E-state index contributed by atoms with van der Waals surface area (Å²) < 4.78 is 10.9. The molecule has 0 atom stereocenters. The van der Waals surface area contributed by atoms with Crippen molar-refractivity contribution in [2.75, 3.05) is 12.1 Å². The highest BCUT2D eigenvalue weighted by atomic mass is 32.1. The lowest BCUT2D eigenvalue weighted by Crippen LogP contribution is -2.35. The fourth-order valence-electron chi connectivity index (χ4n) is 3.80. The number of pyridine rings is 2. The number of H-pyrrole nitrogens is 1. The number of ether oxygens (including phenoxy) is 2. The zero-order chi connectivity index (χ0) is 22.8. The van der Waals surface area contributed by atoms with E-state index in [0.29, 0.717) is 40.8 Å². The van der Waals surface area contributed by atoms with Crippen molar-refractivity contribution in [3.05, 3.63) is 94.0 Å². The highest BCUT2D eigenvalue weighted by Gasteiger charge is 2.18. The van der Waals surface area contributed by atoms with Gasteiger partial charge >= 0.3 is 0 Å². The molecule has 0 spiro atoms. The number of benzene rings is 2. The van der Waals surface area contributed by atoms with E-state index in [2.05, 4.69) is 15.3 Å². The number of anilines is 1. The van der Waals surface area contributed by atoms with Crippen molar-refractivity contribution in [1.82, 2.24) is 14.9 Å². The van der Waals surface area contributed by atoms with Crippen LogP contribution in [0, 0.1) is 6.92 Å². The van der Waals surface area contributed by atoms with Crippen LogP contribution in [0.25, 0.3) is 10.9 Å². The lowest BCUT2D eigenvalue weighted by molar-refractivity contribution is 0.174. The number of aryl methyl sites for hydroxylation is 1. The number of nitrogens with one attached hydrogen (secondary N) is 2.